The molecular formula is C6HF11. The highest BCUT2D eigenvalue weighted by molar-refractivity contribution is 5.23. The standard InChI is InChI=1S/C6HF11/c7-2(4(10,11)6(15,16)17)1(3(8)9)5(12,13)14/h3H/b2-1-. The van der Waals surface area contributed by atoms with Crippen molar-refractivity contribution in [3.63, 3.8) is 0 Å². The molecule has 0 aliphatic rings. The van der Waals surface area contributed by atoms with Gasteiger partial charge in [0.15, 0.2) is 5.83 Å². The molecule has 0 aromatic heterocycles. The van der Waals surface area contributed by atoms with Crippen molar-refractivity contribution in [3.05, 3.63) is 11.4 Å². The van der Waals surface area contributed by atoms with E-state index in [1.807, 2.05) is 0 Å². The van der Waals surface area contributed by atoms with E-state index in [-0.39, 0.29) is 0 Å². The second kappa shape index (κ2) is 4.33. The fraction of sp³-hybridized carbons (Fsp3) is 0.667. The highest BCUT2D eigenvalue weighted by atomic mass is 19.4. The van der Waals surface area contributed by atoms with Crippen molar-refractivity contribution in [1.82, 2.24) is 0 Å². The minimum Gasteiger partial charge on any atom is -0.205 e. The third-order valence-corrected chi connectivity index (χ3v) is 1.39. The van der Waals surface area contributed by atoms with Crippen LogP contribution in [0.1, 0.15) is 0 Å². The molecule has 0 atom stereocenters. The van der Waals surface area contributed by atoms with Gasteiger partial charge in [0.25, 0.3) is 6.43 Å². The summed E-state index contributed by atoms with van der Waals surface area (Å²) in [5, 5.41) is 0. The molecule has 0 saturated carbocycles. The van der Waals surface area contributed by atoms with E-state index in [2.05, 4.69) is 0 Å². The molecule has 0 spiro atoms. The average molecular weight is 282 g/mol. The summed E-state index contributed by atoms with van der Waals surface area (Å²) in [6.07, 6.45) is -17.9. The lowest BCUT2D eigenvalue weighted by Gasteiger charge is -2.21. The van der Waals surface area contributed by atoms with Crippen LogP contribution in [0.5, 0.6) is 0 Å². The van der Waals surface area contributed by atoms with E-state index in [4.69, 9.17) is 0 Å². The molecule has 0 aromatic rings. The van der Waals surface area contributed by atoms with Gasteiger partial charge in [0.05, 0.1) is 0 Å². The van der Waals surface area contributed by atoms with E-state index in [1.54, 1.807) is 0 Å². The third-order valence-electron chi connectivity index (χ3n) is 1.39. The highest BCUT2D eigenvalue weighted by Gasteiger charge is 2.64. The van der Waals surface area contributed by atoms with Crippen LogP contribution in [-0.4, -0.2) is 24.7 Å². The first-order chi connectivity index (χ1) is 7.23. The van der Waals surface area contributed by atoms with Crippen molar-refractivity contribution in [2.24, 2.45) is 0 Å². The number of hydrogen-bond donors (Lipinski definition) is 0. The van der Waals surface area contributed by atoms with Gasteiger partial charge in [0.2, 0.25) is 0 Å². The first kappa shape index (κ1) is 16.0. The van der Waals surface area contributed by atoms with Gasteiger partial charge in [0, 0.05) is 0 Å². The van der Waals surface area contributed by atoms with Crippen molar-refractivity contribution in [3.8, 4) is 0 Å². The van der Waals surface area contributed by atoms with Gasteiger partial charge in [-0.3, -0.25) is 0 Å². The molecule has 102 valence electrons. The zero-order valence-electron chi connectivity index (χ0n) is 7.23. The van der Waals surface area contributed by atoms with Crippen LogP contribution in [0.2, 0.25) is 0 Å². The van der Waals surface area contributed by atoms with Crippen LogP contribution in [0.25, 0.3) is 0 Å². The lowest BCUT2D eigenvalue weighted by molar-refractivity contribution is -0.272. The first-order valence-corrected chi connectivity index (χ1v) is 3.43. The van der Waals surface area contributed by atoms with Crippen molar-refractivity contribution in [2.75, 3.05) is 0 Å². The lowest BCUT2D eigenvalue weighted by atomic mass is 10.1. The molecule has 0 aromatic carbocycles. The van der Waals surface area contributed by atoms with E-state index in [0.717, 1.165) is 0 Å². The molecule has 0 radical (unpaired) electrons. The zero-order valence-corrected chi connectivity index (χ0v) is 7.23. The van der Waals surface area contributed by atoms with Gasteiger partial charge in [-0.2, -0.15) is 35.1 Å². The molecule has 0 nitrogen and oxygen atoms in total. The van der Waals surface area contributed by atoms with Gasteiger partial charge in [-0.1, -0.05) is 0 Å². The monoisotopic (exact) mass is 282 g/mol. The van der Waals surface area contributed by atoms with E-state index in [9.17, 15) is 48.3 Å². The molecule has 0 aliphatic carbocycles. The fourth-order valence-corrected chi connectivity index (χ4v) is 0.638. The Labute approximate surface area is 85.7 Å². The molecule has 11 heteroatoms. The zero-order chi connectivity index (χ0) is 14.2. The van der Waals surface area contributed by atoms with Gasteiger partial charge in [-0.15, -0.1) is 0 Å². The molecule has 0 fully saturated rings. The number of halogens is 11. The predicted molar refractivity (Wildman–Crippen MR) is 31.2 cm³/mol. The molecule has 0 bridgehead atoms. The van der Waals surface area contributed by atoms with Crippen molar-refractivity contribution in [1.29, 1.82) is 0 Å². The maximum Gasteiger partial charge on any atom is 0.460 e. The molecule has 0 amide bonds. The van der Waals surface area contributed by atoms with Crippen LogP contribution in [-0.2, 0) is 0 Å². The Morgan fingerprint density at radius 2 is 1.12 bits per heavy atom. The van der Waals surface area contributed by atoms with Crippen LogP contribution in [0.3, 0.4) is 0 Å². The van der Waals surface area contributed by atoms with Crippen LogP contribution in [0, 0.1) is 0 Å². The second-order valence-electron chi connectivity index (χ2n) is 2.60. The summed E-state index contributed by atoms with van der Waals surface area (Å²) in [5.74, 6) is -10.9. The van der Waals surface area contributed by atoms with E-state index in [1.165, 1.54) is 0 Å². The number of hydrogen-bond acceptors (Lipinski definition) is 0. The van der Waals surface area contributed by atoms with Crippen LogP contribution in [0.4, 0.5) is 48.3 Å². The van der Waals surface area contributed by atoms with E-state index >= 15 is 0 Å². The summed E-state index contributed by atoms with van der Waals surface area (Å²) in [6.45, 7) is 0. The Kier molecular flexibility index (Phi) is 4.07. The van der Waals surface area contributed by atoms with Gasteiger partial charge >= 0.3 is 18.3 Å². The Morgan fingerprint density at radius 3 is 1.29 bits per heavy atom. The van der Waals surface area contributed by atoms with Crippen LogP contribution in [0.15, 0.2) is 11.4 Å². The molecule has 0 rings (SSSR count). The molecule has 0 aliphatic heterocycles. The van der Waals surface area contributed by atoms with Crippen LogP contribution < -0.4 is 0 Å². The van der Waals surface area contributed by atoms with Gasteiger partial charge < -0.3 is 0 Å². The van der Waals surface area contributed by atoms with Crippen molar-refractivity contribution >= 4 is 0 Å². The van der Waals surface area contributed by atoms with Gasteiger partial charge in [-0.05, 0) is 0 Å². The first-order valence-electron chi connectivity index (χ1n) is 3.43. The molecule has 0 N–H and O–H groups in total. The Bertz CT molecular complexity index is 303. The van der Waals surface area contributed by atoms with Crippen molar-refractivity contribution in [2.45, 2.75) is 24.7 Å². The Morgan fingerprint density at radius 1 is 0.765 bits per heavy atom. The summed E-state index contributed by atoms with van der Waals surface area (Å²) >= 11 is 0. The second-order valence-corrected chi connectivity index (χ2v) is 2.60. The summed E-state index contributed by atoms with van der Waals surface area (Å²) in [6, 6.07) is 0. The topological polar surface area (TPSA) is 0 Å². The summed E-state index contributed by atoms with van der Waals surface area (Å²) in [5.41, 5.74) is -3.85. The molecule has 0 unspecified atom stereocenters. The minimum atomic E-state index is -6.75. The highest BCUT2D eigenvalue weighted by Crippen LogP contribution is 2.46. The SMILES string of the molecule is F/C(=C(/C(F)F)C(F)(F)F)C(F)(F)C(F)(F)F. The molecule has 17 heavy (non-hydrogen) atoms. The smallest absolute Gasteiger partial charge is 0.205 e. The summed E-state index contributed by atoms with van der Waals surface area (Å²) in [7, 11) is 0. The largest absolute Gasteiger partial charge is 0.460 e. The Hall–Kier alpha value is -1.03. The molecule has 0 saturated heterocycles. The molecular weight excluding hydrogens is 281 g/mol. The lowest BCUT2D eigenvalue weighted by Crippen LogP contribution is -2.39. The normalized spacial score (nSPS) is 16.2. The van der Waals surface area contributed by atoms with E-state index in [0.29, 0.717) is 0 Å². The van der Waals surface area contributed by atoms with E-state index < -0.39 is 36.1 Å². The average Bonchev–Trinajstić information content (AvgIpc) is 1.97. The van der Waals surface area contributed by atoms with Gasteiger partial charge in [-0.25, -0.2) is 13.2 Å². The summed E-state index contributed by atoms with van der Waals surface area (Å²) in [4.78, 5) is 0. The number of allylic oxidation sites excluding steroid dienone is 2. The van der Waals surface area contributed by atoms with Crippen molar-refractivity contribution < 1.29 is 48.3 Å². The number of alkyl halides is 10. The fourth-order valence-electron chi connectivity index (χ4n) is 0.638. The van der Waals surface area contributed by atoms with Gasteiger partial charge in [0.1, 0.15) is 5.57 Å². The number of rotatable bonds is 2. The van der Waals surface area contributed by atoms with Crippen LogP contribution >= 0.6 is 0 Å². The third kappa shape index (κ3) is 3.22. The minimum absolute atomic E-state index is 3.85. The quantitative estimate of drug-likeness (QED) is 0.665. The Balaban J connectivity index is 5.85. The predicted octanol–water partition coefficient (Wildman–Crippen LogP) is 4.24. The maximum absolute atomic E-state index is 12.3. The maximum atomic E-state index is 12.3. The molecule has 0 heterocycles. The summed E-state index contributed by atoms with van der Waals surface area (Å²) < 4.78 is 129.